The summed E-state index contributed by atoms with van der Waals surface area (Å²) in [6.07, 6.45) is 4.31. The highest BCUT2D eigenvalue weighted by molar-refractivity contribution is 5.89. The van der Waals surface area contributed by atoms with Gasteiger partial charge in [0.1, 0.15) is 5.75 Å². The molecule has 4 heteroatoms. The first-order chi connectivity index (χ1) is 16.5. The van der Waals surface area contributed by atoms with Crippen molar-refractivity contribution in [1.29, 1.82) is 0 Å². The van der Waals surface area contributed by atoms with Gasteiger partial charge >= 0.3 is 0 Å². The van der Waals surface area contributed by atoms with Gasteiger partial charge < -0.3 is 19.1 Å². The Bertz CT molecular complexity index is 1120. The van der Waals surface area contributed by atoms with Crippen molar-refractivity contribution >= 4 is 17.3 Å². The highest BCUT2D eigenvalue weighted by atomic mass is 16.5. The second-order valence-electron chi connectivity index (χ2n) is 9.16. The van der Waals surface area contributed by atoms with Crippen molar-refractivity contribution in [3.63, 3.8) is 0 Å². The number of hydrogen-bond acceptors (Lipinski definition) is 4. The molecule has 0 aliphatic carbocycles. The summed E-state index contributed by atoms with van der Waals surface area (Å²) in [4.78, 5) is 2.55. The summed E-state index contributed by atoms with van der Waals surface area (Å²) in [6, 6.07) is 23.6. The van der Waals surface area contributed by atoms with E-state index in [1.165, 1.54) is 28.0 Å². The Balaban J connectivity index is 1.92. The molecule has 178 valence electrons. The van der Waals surface area contributed by atoms with Gasteiger partial charge in [-0.15, -0.1) is 0 Å². The molecular formula is C30H35NO3. The lowest BCUT2D eigenvalue weighted by atomic mass is 9.87. The van der Waals surface area contributed by atoms with Crippen molar-refractivity contribution in [3.05, 3.63) is 83.4 Å². The lowest BCUT2D eigenvalue weighted by molar-refractivity contribution is 0.354. The second-order valence-corrected chi connectivity index (χ2v) is 9.16. The zero-order chi connectivity index (χ0) is 24.1. The number of methoxy groups -OCH3 is 3. The molecule has 0 amide bonds. The first-order valence-corrected chi connectivity index (χ1v) is 12.0. The summed E-state index contributed by atoms with van der Waals surface area (Å²) in [5.74, 6) is 2.95. The van der Waals surface area contributed by atoms with Crippen LogP contribution in [0.3, 0.4) is 0 Å². The third-order valence-corrected chi connectivity index (χ3v) is 6.50. The summed E-state index contributed by atoms with van der Waals surface area (Å²) < 4.78 is 16.8. The monoisotopic (exact) mass is 457 g/mol. The summed E-state index contributed by atoms with van der Waals surface area (Å²) in [7, 11) is 5.12. The summed E-state index contributed by atoms with van der Waals surface area (Å²) in [5, 5.41) is 0. The molecule has 34 heavy (non-hydrogen) atoms. The number of nitrogens with zero attached hydrogens (tertiary/aromatic N) is 1. The largest absolute Gasteiger partial charge is 0.497 e. The van der Waals surface area contributed by atoms with Crippen molar-refractivity contribution in [3.8, 4) is 17.2 Å². The average Bonchev–Trinajstić information content (AvgIpc) is 3.00. The molecule has 3 aromatic carbocycles. The number of hydrogen-bond donors (Lipinski definition) is 0. The van der Waals surface area contributed by atoms with Gasteiger partial charge in [0.2, 0.25) is 0 Å². The Morgan fingerprint density at radius 1 is 0.882 bits per heavy atom. The quantitative estimate of drug-likeness (QED) is 0.394. The molecule has 0 spiro atoms. The highest BCUT2D eigenvalue weighted by Gasteiger charge is 2.30. The fraction of sp³-hybridized carbons (Fsp3) is 0.333. The third-order valence-electron chi connectivity index (χ3n) is 6.50. The maximum atomic E-state index is 5.72. The molecule has 0 saturated heterocycles. The van der Waals surface area contributed by atoms with Crippen LogP contribution in [0.2, 0.25) is 0 Å². The van der Waals surface area contributed by atoms with E-state index >= 15 is 0 Å². The van der Waals surface area contributed by atoms with Crippen LogP contribution >= 0.6 is 0 Å². The van der Waals surface area contributed by atoms with Crippen LogP contribution in [0, 0.1) is 5.92 Å². The van der Waals surface area contributed by atoms with Gasteiger partial charge in [-0.3, -0.25) is 0 Å². The molecule has 1 unspecified atom stereocenters. The van der Waals surface area contributed by atoms with Crippen LogP contribution in [-0.4, -0.2) is 33.9 Å². The number of benzene rings is 3. The normalized spacial score (nSPS) is 16.8. The number of fused-ring (bicyclic) bond motifs is 1. The number of anilines is 1. The first kappa shape index (κ1) is 23.7. The lowest BCUT2D eigenvalue weighted by Gasteiger charge is -2.35. The van der Waals surface area contributed by atoms with E-state index in [0.29, 0.717) is 5.92 Å². The molecule has 0 radical (unpaired) electrons. The van der Waals surface area contributed by atoms with E-state index in [0.717, 1.165) is 36.6 Å². The molecule has 3 aromatic rings. The van der Waals surface area contributed by atoms with Gasteiger partial charge in [-0.05, 0) is 83.5 Å². The van der Waals surface area contributed by atoms with Crippen molar-refractivity contribution in [2.75, 3.05) is 32.8 Å². The van der Waals surface area contributed by atoms with E-state index < -0.39 is 0 Å². The summed E-state index contributed by atoms with van der Waals surface area (Å²) in [6.45, 7) is 5.51. The third kappa shape index (κ3) is 5.06. The lowest BCUT2D eigenvalue weighted by Crippen LogP contribution is -2.37. The number of ether oxygens (including phenoxy) is 3. The van der Waals surface area contributed by atoms with Gasteiger partial charge in [0, 0.05) is 12.2 Å². The molecule has 0 fully saturated rings. The van der Waals surface area contributed by atoms with Gasteiger partial charge in [-0.25, -0.2) is 0 Å². The van der Waals surface area contributed by atoms with E-state index in [1.54, 1.807) is 21.3 Å². The minimum atomic E-state index is 0.216. The summed E-state index contributed by atoms with van der Waals surface area (Å²) in [5.41, 5.74) is 6.23. The predicted molar refractivity (Wildman–Crippen MR) is 141 cm³/mol. The molecule has 1 aliphatic rings. The predicted octanol–water partition coefficient (Wildman–Crippen LogP) is 6.73. The topological polar surface area (TPSA) is 30.9 Å². The van der Waals surface area contributed by atoms with Crippen molar-refractivity contribution < 1.29 is 14.2 Å². The molecule has 4 nitrogen and oxygen atoms in total. The Morgan fingerprint density at radius 2 is 1.56 bits per heavy atom. The average molecular weight is 458 g/mol. The minimum absolute atomic E-state index is 0.216. The zero-order valence-electron chi connectivity index (χ0n) is 20.9. The van der Waals surface area contributed by atoms with Crippen LogP contribution in [0.25, 0.3) is 11.6 Å². The van der Waals surface area contributed by atoms with Crippen LogP contribution in [0.5, 0.6) is 17.2 Å². The summed E-state index contributed by atoms with van der Waals surface area (Å²) >= 11 is 0. The van der Waals surface area contributed by atoms with Crippen molar-refractivity contribution in [2.24, 2.45) is 5.92 Å². The zero-order valence-corrected chi connectivity index (χ0v) is 20.9. The van der Waals surface area contributed by atoms with Crippen LogP contribution in [0.1, 0.15) is 37.0 Å². The van der Waals surface area contributed by atoms with Crippen molar-refractivity contribution in [2.45, 2.75) is 32.7 Å². The molecule has 1 heterocycles. The van der Waals surface area contributed by atoms with Crippen LogP contribution < -0.4 is 19.1 Å². The van der Waals surface area contributed by atoms with Gasteiger partial charge in [-0.1, -0.05) is 44.2 Å². The van der Waals surface area contributed by atoms with Gasteiger partial charge in [0.15, 0.2) is 11.5 Å². The maximum absolute atomic E-state index is 5.72. The van der Waals surface area contributed by atoms with E-state index in [1.807, 2.05) is 12.1 Å². The standard InChI is InChI=1S/C30H35NO3/c1-21(2)17-28-27(18-22-9-7-6-8-10-22)26-20-30(34-5)29(33-4)19-23(26)15-16-31(28)24-11-13-25(32-3)14-12-24/h6-14,18-21,28H,15-17H2,1-5H3/b27-18-. The fourth-order valence-corrected chi connectivity index (χ4v) is 4.83. The minimum Gasteiger partial charge on any atom is -0.497 e. The molecule has 4 rings (SSSR count). The Hall–Kier alpha value is -3.40. The highest BCUT2D eigenvalue weighted by Crippen LogP contribution is 2.41. The van der Waals surface area contributed by atoms with E-state index in [-0.39, 0.29) is 6.04 Å². The van der Waals surface area contributed by atoms with Crippen molar-refractivity contribution in [1.82, 2.24) is 0 Å². The Morgan fingerprint density at radius 3 is 2.18 bits per heavy atom. The number of rotatable bonds is 7. The van der Waals surface area contributed by atoms with Crippen LogP contribution in [0.4, 0.5) is 5.69 Å². The van der Waals surface area contributed by atoms with Crippen LogP contribution in [0.15, 0.2) is 66.7 Å². The molecular weight excluding hydrogens is 422 g/mol. The molecule has 1 atom stereocenters. The van der Waals surface area contributed by atoms with Gasteiger partial charge in [-0.2, -0.15) is 0 Å². The van der Waals surface area contributed by atoms with E-state index in [9.17, 15) is 0 Å². The van der Waals surface area contributed by atoms with Gasteiger partial charge in [0.25, 0.3) is 0 Å². The molecule has 1 aliphatic heterocycles. The van der Waals surface area contributed by atoms with Gasteiger partial charge in [0.05, 0.1) is 27.4 Å². The van der Waals surface area contributed by atoms with E-state index in [2.05, 4.69) is 79.4 Å². The molecule has 0 bridgehead atoms. The molecule has 0 N–H and O–H groups in total. The molecule has 0 saturated carbocycles. The van der Waals surface area contributed by atoms with Crippen LogP contribution in [-0.2, 0) is 6.42 Å². The second kappa shape index (κ2) is 10.7. The SMILES string of the molecule is COc1ccc(N2CCc3cc(OC)c(OC)cc3/C(=C/c3ccccc3)C2CC(C)C)cc1. The first-order valence-electron chi connectivity index (χ1n) is 12.0. The Labute approximate surface area is 203 Å². The maximum Gasteiger partial charge on any atom is 0.161 e. The smallest absolute Gasteiger partial charge is 0.161 e. The Kier molecular flexibility index (Phi) is 7.46. The van der Waals surface area contributed by atoms with E-state index in [4.69, 9.17) is 14.2 Å². The molecule has 0 aromatic heterocycles. The fourth-order valence-electron chi connectivity index (χ4n) is 4.83.